The van der Waals surface area contributed by atoms with Crippen molar-refractivity contribution in [3.05, 3.63) is 35.1 Å². The maximum Gasteiger partial charge on any atom is 0.357 e. The maximum absolute atomic E-state index is 11.2. The van der Waals surface area contributed by atoms with E-state index in [2.05, 4.69) is 20.0 Å². The van der Waals surface area contributed by atoms with Gasteiger partial charge in [0.05, 0.1) is 18.5 Å². The first kappa shape index (κ1) is 11.5. The minimum atomic E-state index is -0.433. The first-order chi connectivity index (χ1) is 8.20. The fourth-order valence-electron chi connectivity index (χ4n) is 1.26. The molecule has 0 atom stereocenters. The number of methoxy groups -OCH3 is 1. The van der Waals surface area contributed by atoms with Crippen molar-refractivity contribution >= 4 is 28.1 Å². The first-order valence-corrected chi connectivity index (χ1v) is 5.81. The molecule has 1 N–H and O–H groups in total. The zero-order valence-corrected chi connectivity index (χ0v) is 10.2. The van der Waals surface area contributed by atoms with Gasteiger partial charge in [0.2, 0.25) is 0 Å². The summed E-state index contributed by atoms with van der Waals surface area (Å²) in [6, 6.07) is 3.74. The lowest BCUT2D eigenvalue weighted by Gasteiger charge is -2.04. The van der Waals surface area contributed by atoms with Crippen LogP contribution in [0.3, 0.4) is 0 Å². The number of hydrogen-bond donors (Lipinski definition) is 1. The SMILES string of the molecule is COC(=O)c1csc(Nc2cccnc2C)n1. The number of nitrogens with one attached hydrogen (secondary N) is 1. The predicted octanol–water partition coefficient (Wildman–Crippen LogP) is 2.38. The van der Waals surface area contributed by atoms with Crippen LogP contribution in [0.15, 0.2) is 23.7 Å². The number of carbonyl (C=O) groups is 1. The average molecular weight is 249 g/mol. The van der Waals surface area contributed by atoms with E-state index in [1.165, 1.54) is 18.4 Å². The summed E-state index contributed by atoms with van der Waals surface area (Å²) in [4.78, 5) is 19.5. The summed E-state index contributed by atoms with van der Waals surface area (Å²) < 4.78 is 4.59. The number of hydrogen-bond acceptors (Lipinski definition) is 6. The molecular formula is C11H11N3O2S. The number of anilines is 2. The summed E-state index contributed by atoms with van der Waals surface area (Å²) in [6.07, 6.45) is 1.72. The van der Waals surface area contributed by atoms with Crippen molar-refractivity contribution < 1.29 is 9.53 Å². The molecule has 2 aromatic rings. The fraction of sp³-hybridized carbons (Fsp3) is 0.182. The monoisotopic (exact) mass is 249 g/mol. The molecule has 0 amide bonds. The Labute approximate surface area is 102 Å². The van der Waals surface area contributed by atoms with Crippen LogP contribution in [0, 0.1) is 6.92 Å². The number of carbonyl (C=O) groups excluding carboxylic acids is 1. The molecule has 0 fully saturated rings. The number of nitrogens with zero attached hydrogens (tertiary/aromatic N) is 2. The Hall–Kier alpha value is -1.95. The zero-order valence-electron chi connectivity index (χ0n) is 9.43. The summed E-state index contributed by atoms with van der Waals surface area (Å²) >= 11 is 1.35. The highest BCUT2D eigenvalue weighted by atomic mass is 32.1. The topological polar surface area (TPSA) is 64.1 Å². The van der Waals surface area contributed by atoms with Crippen LogP contribution >= 0.6 is 11.3 Å². The highest BCUT2D eigenvalue weighted by Gasteiger charge is 2.11. The van der Waals surface area contributed by atoms with Gasteiger partial charge in [-0.2, -0.15) is 0 Å². The smallest absolute Gasteiger partial charge is 0.357 e. The molecule has 6 heteroatoms. The molecule has 2 rings (SSSR count). The number of pyridine rings is 1. The molecule has 0 unspecified atom stereocenters. The highest BCUT2D eigenvalue weighted by Crippen LogP contribution is 2.22. The summed E-state index contributed by atoms with van der Waals surface area (Å²) in [5.74, 6) is -0.433. The second kappa shape index (κ2) is 4.92. The van der Waals surface area contributed by atoms with Crippen molar-refractivity contribution in [1.29, 1.82) is 0 Å². The van der Waals surface area contributed by atoms with Crippen LogP contribution in [-0.2, 0) is 4.74 Å². The summed E-state index contributed by atoms with van der Waals surface area (Å²) in [6.45, 7) is 1.90. The molecular weight excluding hydrogens is 238 g/mol. The molecule has 2 aromatic heterocycles. The quantitative estimate of drug-likeness (QED) is 0.846. The Morgan fingerprint density at radius 3 is 3.06 bits per heavy atom. The van der Waals surface area contributed by atoms with Gasteiger partial charge >= 0.3 is 5.97 Å². The van der Waals surface area contributed by atoms with E-state index in [9.17, 15) is 4.79 Å². The third-order valence-electron chi connectivity index (χ3n) is 2.15. The predicted molar refractivity (Wildman–Crippen MR) is 65.7 cm³/mol. The van der Waals surface area contributed by atoms with E-state index >= 15 is 0 Å². The molecule has 0 aromatic carbocycles. The van der Waals surface area contributed by atoms with Gasteiger partial charge in [-0.1, -0.05) is 0 Å². The van der Waals surface area contributed by atoms with Crippen LogP contribution in [0.25, 0.3) is 0 Å². The number of aryl methyl sites for hydroxylation is 1. The van der Waals surface area contributed by atoms with Gasteiger partial charge in [0.25, 0.3) is 0 Å². The lowest BCUT2D eigenvalue weighted by molar-refractivity contribution is 0.0595. The summed E-state index contributed by atoms with van der Waals surface area (Å²) in [5, 5.41) is 5.40. The van der Waals surface area contributed by atoms with Crippen LogP contribution in [0.5, 0.6) is 0 Å². The lowest BCUT2D eigenvalue weighted by Crippen LogP contribution is -2.02. The average Bonchev–Trinajstić information content (AvgIpc) is 2.80. The number of rotatable bonds is 3. The second-order valence-corrected chi connectivity index (χ2v) is 4.15. The number of ether oxygens (including phenoxy) is 1. The Morgan fingerprint density at radius 1 is 1.53 bits per heavy atom. The van der Waals surface area contributed by atoms with Gasteiger partial charge in [-0.15, -0.1) is 11.3 Å². The molecule has 17 heavy (non-hydrogen) atoms. The molecule has 0 aliphatic carbocycles. The van der Waals surface area contributed by atoms with Crippen molar-refractivity contribution in [2.24, 2.45) is 0 Å². The Bertz CT molecular complexity index is 539. The van der Waals surface area contributed by atoms with E-state index in [1.54, 1.807) is 11.6 Å². The number of aromatic nitrogens is 2. The Morgan fingerprint density at radius 2 is 2.35 bits per heavy atom. The molecule has 0 spiro atoms. The standard InChI is InChI=1S/C11H11N3O2S/c1-7-8(4-3-5-12-7)13-11-14-9(6-17-11)10(15)16-2/h3-6H,1-2H3,(H,13,14). The molecule has 2 heterocycles. The van der Waals surface area contributed by atoms with Gasteiger partial charge in [0, 0.05) is 11.6 Å². The highest BCUT2D eigenvalue weighted by molar-refractivity contribution is 7.14. The van der Waals surface area contributed by atoms with Crippen LogP contribution in [-0.4, -0.2) is 23.0 Å². The maximum atomic E-state index is 11.2. The summed E-state index contributed by atoms with van der Waals surface area (Å²) in [5.41, 5.74) is 2.06. The zero-order chi connectivity index (χ0) is 12.3. The van der Waals surface area contributed by atoms with E-state index in [4.69, 9.17) is 0 Å². The van der Waals surface area contributed by atoms with Crippen LogP contribution < -0.4 is 5.32 Å². The van der Waals surface area contributed by atoms with Gasteiger partial charge in [0.1, 0.15) is 0 Å². The molecule has 0 bridgehead atoms. The molecule has 0 aliphatic heterocycles. The van der Waals surface area contributed by atoms with Crippen LogP contribution in [0.2, 0.25) is 0 Å². The van der Waals surface area contributed by atoms with Gasteiger partial charge in [-0.3, -0.25) is 4.98 Å². The van der Waals surface area contributed by atoms with Crippen molar-refractivity contribution in [3.8, 4) is 0 Å². The van der Waals surface area contributed by atoms with Gasteiger partial charge in [-0.25, -0.2) is 9.78 Å². The van der Waals surface area contributed by atoms with Crippen molar-refractivity contribution in [1.82, 2.24) is 9.97 Å². The van der Waals surface area contributed by atoms with Gasteiger partial charge < -0.3 is 10.1 Å². The molecule has 88 valence electrons. The molecule has 0 saturated carbocycles. The molecule has 0 saturated heterocycles. The van der Waals surface area contributed by atoms with Crippen molar-refractivity contribution in [3.63, 3.8) is 0 Å². The third-order valence-corrected chi connectivity index (χ3v) is 2.90. The minimum absolute atomic E-state index is 0.307. The summed E-state index contributed by atoms with van der Waals surface area (Å²) in [7, 11) is 1.33. The minimum Gasteiger partial charge on any atom is -0.464 e. The van der Waals surface area contributed by atoms with Gasteiger partial charge in [0.15, 0.2) is 10.8 Å². The van der Waals surface area contributed by atoms with E-state index in [0.717, 1.165) is 11.4 Å². The number of esters is 1. The van der Waals surface area contributed by atoms with Crippen LogP contribution in [0.4, 0.5) is 10.8 Å². The van der Waals surface area contributed by atoms with E-state index in [-0.39, 0.29) is 0 Å². The van der Waals surface area contributed by atoms with Crippen molar-refractivity contribution in [2.45, 2.75) is 6.92 Å². The largest absolute Gasteiger partial charge is 0.464 e. The number of thiazole rings is 1. The van der Waals surface area contributed by atoms with Crippen molar-refractivity contribution in [2.75, 3.05) is 12.4 Å². The molecule has 5 nitrogen and oxygen atoms in total. The Kier molecular flexibility index (Phi) is 3.34. The van der Waals surface area contributed by atoms with Crippen LogP contribution in [0.1, 0.15) is 16.2 Å². The van der Waals surface area contributed by atoms with E-state index in [0.29, 0.717) is 10.8 Å². The second-order valence-electron chi connectivity index (χ2n) is 3.29. The van der Waals surface area contributed by atoms with E-state index in [1.807, 2.05) is 19.1 Å². The Balaban J connectivity index is 2.17. The van der Waals surface area contributed by atoms with Gasteiger partial charge in [-0.05, 0) is 19.1 Å². The fourth-order valence-corrected chi connectivity index (χ4v) is 1.95. The first-order valence-electron chi connectivity index (χ1n) is 4.93. The third kappa shape index (κ3) is 2.59. The molecule has 0 radical (unpaired) electrons. The molecule has 0 aliphatic rings. The lowest BCUT2D eigenvalue weighted by atomic mass is 10.3. The normalized spacial score (nSPS) is 10.0. The van der Waals surface area contributed by atoms with E-state index < -0.39 is 5.97 Å².